The molecule has 1 aliphatic rings. The molecule has 6 heteroatoms. The Kier molecular flexibility index (Phi) is 5.15. The molecule has 5 nitrogen and oxygen atoms in total. The maximum Gasteiger partial charge on any atom is 0.307 e. The number of fused-ring (bicyclic) bond motifs is 1. The Morgan fingerprint density at radius 1 is 0.886 bits per heavy atom. The molecule has 2 aromatic heterocycles. The second kappa shape index (κ2) is 8.36. The van der Waals surface area contributed by atoms with Crippen LogP contribution >= 0.6 is 11.6 Å². The summed E-state index contributed by atoms with van der Waals surface area (Å²) in [6.07, 6.45) is 2.29. The average molecular weight is 480 g/mol. The number of carbonyl (C=O) groups is 1. The molecule has 0 radical (unpaired) electrons. The molecule has 172 valence electrons. The fraction of sp³-hybridized carbons (Fsp3) is 0.138. The van der Waals surface area contributed by atoms with E-state index in [1.165, 1.54) is 0 Å². The molecule has 2 unspecified atom stereocenters. The largest absolute Gasteiger partial charge is 0.481 e. The van der Waals surface area contributed by atoms with E-state index in [0.29, 0.717) is 11.6 Å². The Bertz CT molecular complexity index is 1420. The number of pyridine rings is 1. The maximum absolute atomic E-state index is 11.7. The third-order valence-corrected chi connectivity index (χ3v) is 7.12. The molecule has 1 saturated carbocycles. The lowest BCUT2D eigenvalue weighted by Gasteiger charge is -2.37. The van der Waals surface area contributed by atoms with E-state index in [1.54, 1.807) is 6.20 Å². The zero-order valence-corrected chi connectivity index (χ0v) is 19.5. The van der Waals surface area contributed by atoms with Crippen LogP contribution in [0.4, 0.5) is 0 Å². The predicted octanol–water partition coefficient (Wildman–Crippen LogP) is 6.11. The van der Waals surface area contributed by atoms with Crippen molar-refractivity contribution in [3.05, 3.63) is 131 Å². The smallest absolute Gasteiger partial charge is 0.307 e. The van der Waals surface area contributed by atoms with Crippen LogP contribution in [0, 0.1) is 5.92 Å². The third kappa shape index (κ3) is 3.43. The second-order valence-electron chi connectivity index (χ2n) is 8.92. The summed E-state index contributed by atoms with van der Waals surface area (Å²) in [6.45, 7) is 0. The van der Waals surface area contributed by atoms with E-state index in [0.717, 1.165) is 33.3 Å². The Morgan fingerprint density at radius 3 is 1.86 bits per heavy atom. The molecule has 6 rings (SSSR count). The van der Waals surface area contributed by atoms with Crippen LogP contribution in [0.25, 0.3) is 10.9 Å². The number of rotatable bonds is 6. The second-order valence-corrected chi connectivity index (χ2v) is 9.30. The van der Waals surface area contributed by atoms with Gasteiger partial charge in [0.05, 0.1) is 17.1 Å². The van der Waals surface area contributed by atoms with E-state index in [1.807, 2.05) is 65.3 Å². The number of aromatic nitrogens is 3. The minimum atomic E-state index is -0.821. The summed E-state index contributed by atoms with van der Waals surface area (Å²) in [5.41, 5.74) is 3.85. The lowest BCUT2D eigenvalue weighted by molar-refractivity contribution is -0.138. The average Bonchev–Trinajstić information content (AvgIpc) is 3.62. The van der Waals surface area contributed by atoms with E-state index in [-0.39, 0.29) is 5.92 Å². The minimum Gasteiger partial charge on any atom is -0.481 e. The van der Waals surface area contributed by atoms with Crippen molar-refractivity contribution in [2.24, 2.45) is 5.92 Å². The number of hydrogen-bond acceptors (Lipinski definition) is 3. The topological polar surface area (TPSA) is 68.0 Å². The van der Waals surface area contributed by atoms with Crippen LogP contribution < -0.4 is 0 Å². The fourth-order valence-corrected chi connectivity index (χ4v) is 5.37. The molecule has 35 heavy (non-hydrogen) atoms. The molecule has 0 spiro atoms. The van der Waals surface area contributed by atoms with Crippen LogP contribution in [0.2, 0.25) is 5.15 Å². The summed E-state index contributed by atoms with van der Waals surface area (Å²) in [5, 5.41) is 16.0. The van der Waals surface area contributed by atoms with Gasteiger partial charge in [-0.1, -0.05) is 103 Å². The highest BCUT2D eigenvalue weighted by atomic mass is 35.5. The highest BCUT2D eigenvalue weighted by Crippen LogP contribution is 2.51. The summed E-state index contributed by atoms with van der Waals surface area (Å²) in [5.74, 6) is -1.38. The molecule has 5 aromatic rings. The van der Waals surface area contributed by atoms with Crippen LogP contribution in [0.15, 0.2) is 103 Å². The van der Waals surface area contributed by atoms with Crippen molar-refractivity contribution in [1.29, 1.82) is 0 Å². The maximum atomic E-state index is 11.7. The van der Waals surface area contributed by atoms with Crippen LogP contribution in [-0.4, -0.2) is 25.8 Å². The van der Waals surface area contributed by atoms with Gasteiger partial charge in [-0.15, -0.1) is 0 Å². The van der Waals surface area contributed by atoms with Crippen molar-refractivity contribution in [2.75, 3.05) is 0 Å². The Hall–Kier alpha value is -3.96. The number of nitrogens with zero attached hydrogens (tertiary/aromatic N) is 3. The van der Waals surface area contributed by atoms with Gasteiger partial charge in [-0.05, 0) is 23.1 Å². The lowest BCUT2D eigenvalue weighted by Crippen LogP contribution is -2.38. The minimum absolute atomic E-state index is 0.153. The molecular formula is C29H22ClN3O2. The van der Waals surface area contributed by atoms with Gasteiger partial charge in [0.1, 0.15) is 10.7 Å². The molecule has 2 atom stereocenters. The summed E-state index contributed by atoms with van der Waals surface area (Å²) < 4.78 is 2.02. The van der Waals surface area contributed by atoms with Gasteiger partial charge < -0.3 is 5.11 Å². The van der Waals surface area contributed by atoms with Crippen LogP contribution in [0.1, 0.15) is 34.7 Å². The number of aliphatic carboxylic acids is 1. The van der Waals surface area contributed by atoms with Gasteiger partial charge in [0.25, 0.3) is 0 Å². The van der Waals surface area contributed by atoms with Gasteiger partial charge in [-0.2, -0.15) is 5.10 Å². The highest BCUT2D eigenvalue weighted by molar-refractivity contribution is 6.30. The van der Waals surface area contributed by atoms with E-state index in [9.17, 15) is 9.90 Å². The van der Waals surface area contributed by atoms with E-state index < -0.39 is 17.4 Å². The fourth-order valence-electron chi connectivity index (χ4n) is 5.21. The first kappa shape index (κ1) is 21.6. The van der Waals surface area contributed by atoms with Crippen molar-refractivity contribution >= 4 is 28.5 Å². The highest BCUT2D eigenvalue weighted by Gasteiger charge is 2.48. The number of carboxylic acids is 1. The zero-order chi connectivity index (χ0) is 24.0. The Labute approximate surface area is 207 Å². The third-order valence-electron chi connectivity index (χ3n) is 6.91. The van der Waals surface area contributed by atoms with Gasteiger partial charge in [-0.3, -0.25) is 4.79 Å². The van der Waals surface area contributed by atoms with Crippen LogP contribution in [0.5, 0.6) is 0 Å². The molecule has 0 saturated heterocycles. The predicted molar refractivity (Wildman–Crippen MR) is 136 cm³/mol. The van der Waals surface area contributed by atoms with Crippen LogP contribution in [-0.2, 0) is 10.3 Å². The number of carboxylic acid groups (broad SMARTS) is 1. The molecular weight excluding hydrogens is 458 g/mol. The first-order valence-corrected chi connectivity index (χ1v) is 11.9. The van der Waals surface area contributed by atoms with Crippen molar-refractivity contribution in [3.8, 4) is 0 Å². The van der Waals surface area contributed by atoms with Crippen molar-refractivity contribution < 1.29 is 9.90 Å². The molecule has 1 aliphatic carbocycles. The first-order valence-electron chi connectivity index (χ1n) is 11.5. The Morgan fingerprint density at radius 2 is 1.40 bits per heavy atom. The number of benzene rings is 3. The molecule has 2 heterocycles. The van der Waals surface area contributed by atoms with Gasteiger partial charge in [0.15, 0.2) is 0 Å². The first-order chi connectivity index (χ1) is 17.1. The van der Waals surface area contributed by atoms with E-state index >= 15 is 0 Å². The van der Waals surface area contributed by atoms with Gasteiger partial charge >= 0.3 is 5.97 Å². The number of hydrogen-bond donors (Lipinski definition) is 1. The van der Waals surface area contributed by atoms with E-state index in [4.69, 9.17) is 16.7 Å². The van der Waals surface area contributed by atoms with Gasteiger partial charge in [0.2, 0.25) is 0 Å². The zero-order valence-electron chi connectivity index (χ0n) is 18.8. The van der Waals surface area contributed by atoms with Crippen molar-refractivity contribution in [2.45, 2.75) is 17.9 Å². The number of halogens is 1. The summed E-state index contributed by atoms with van der Waals surface area (Å²) in [6, 6.07) is 32.6. The quantitative estimate of drug-likeness (QED) is 0.235. The molecule has 3 aromatic carbocycles. The monoisotopic (exact) mass is 479 g/mol. The molecule has 0 amide bonds. The molecule has 0 bridgehead atoms. The Balaban J connectivity index is 1.75. The summed E-state index contributed by atoms with van der Waals surface area (Å²) >= 11 is 6.42. The standard InChI is InChI=1S/C29H22ClN3O2/c30-26-17-25-24(18-31-26)27(22-16-23(22)28(34)35)32-33(25)29(19-10-4-1-5-11-19,20-12-6-2-7-13-20)21-14-8-3-9-15-21/h1-15,17-18,22-23H,16H2,(H,34,35). The summed E-state index contributed by atoms with van der Waals surface area (Å²) in [4.78, 5) is 16.1. The van der Waals surface area contributed by atoms with Gasteiger partial charge in [-0.25, -0.2) is 9.67 Å². The normalized spacial score (nSPS) is 17.4. The van der Waals surface area contributed by atoms with Gasteiger partial charge in [0, 0.05) is 23.6 Å². The SMILES string of the molecule is O=C(O)C1CC1c1nn(C(c2ccccc2)(c2ccccc2)c2ccccc2)c2cc(Cl)ncc12. The van der Waals surface area contributed by atoms with Crippen molar-refractivity contribution in [1.82, 2.24) is 14.8 Å². The summed E-state index contributed by atoms with van der Waals surface area (Å²) in [7, 11) is 0. The molecule has 1 N–H and O–H groups in total. The van der Waals surface area contributed by atoms with Crippen molar-refractivity contribution in [3.63, 3.8) is 0 Å². The molecule has 1 fully saturated rings. The lowest BCUT2D eigenvalue weighted by atomic mass is 9.77. The molecule has 0 aliphatic heterocycles. The van der Waals surface area contributed by atoms with Crippen LogP contribution in [0.3, 0.4) is 0 Å². The van der Waals surface area contributed by atoms with E-state index in [2.05, 4.69) is 41.4 Å².